The maximum atomic E-state index is 12.9. The average Bonchev–Trinajstić information content (AvgIpc) is 3.26. The Morgan fingerprint density at radius 3 is 2.37 bits per heavy atom. The molecule has 10 heteroatoms. The van der Waals surface area contributed by atoms with E-state index in [1.165, 1.54) is 12.1 Å². The average molecular weight is 489 g/mol. The summed E-state index contributed by atoms with van der Waals surface area (Å²) in [5.74, 6) is -1.05. The van der Waals surface area contributed by atoms with Crippen LogP contribution >= 0.6 is 0 Å². The number of piperazine rings is 1. The number of nitrogens with zero attached hydrogens (tertiary/aromatic N) is 3. The van der Waals surface area contributed by atoms with E-state index < -0.39 is 23.6 Å². The molecule has 2 aromatic rings. The topological polar surface area (TPSA) is 73.0 Å². The second kappa shape index (κ2) is 10.5. The molecule has 186 valence electrons. The number of rotatable bonds is 6. The smallest absolute Gasteiger partial charge is 0.355 e. The fourth-order valence-electron chi connectivity index (χ4n) is 4.41. The maximum absolute atomic E-state index is 12.9. The zero-order valence-electron chi connectivity index (χ0n) is 19.1. The number of alkyl halides is 3. The van der Waals surface area contributed by atoms with E-state index in [2.05, 4.69) is 10.2 Å². The van der Waals surface area contributed by atoms with Gasteiger partial charge in [0, 0.05) is 63.5 Å². The molecule has 0 aromatic heterocycles. The van der Waals surface area contributed by atoms with Crippen LogP contribution in [0.25, 0.3) is 0 Å². The molecule has 3 amide bonds. The third-order valence-corrected chi connectivity index (χ3v) is 6.39. The van der Waals surface area contributed by atoms with E-state index in [1.54, 1.807) is 9.80 Å². The van der Waals surface area contributed by atoms with Gasteiger partial charge < -0.3 is 15.1 Å². The summed E-state index contributed by atoms with van der Waals surface area (Å²) in [5, 5.41) is 2.90. The minimum absolute atomic E-state index is 0.0243. The SMILES string of the molecule is O=C(NCCN1CCN(C(=O)c2cccc(C(F)(F)F)c2)CC1)C1CC(=O)N(c2ccccc2)C1. The summed E-state index contributed by atoms with van der Waals surface area (Å²) in [7, 11) is 0. The highest BCUT2D eigenvalue weighted by Gasteiger charge is 2.35. The Morgan fingerprint density at radius 1 is 0.971 bits per heavy atom. The van der Waals surface area contributed by atoms with E-state index in [0.717, 1.165) is 17.8 Å². The normalized spacial score (nSPS) is 19.2. The second-order valence-corrected chi connectivity index (χ2v) is 8.74. The number of halogens is 3. The highest BCUT2D eigenvalue weighted by Crippen LogP contribution is 2.30. The summed E-state index contributed by atoms with van der Waals surface area (Å²) in [4.78, 5) is 42.8. The van der Waals surface area contributed by atoms with Crippen molar-refractivity contribution < 1.29 is 27.6 Å². The summed E-state index contributed by atoms with van der Waals surface area (Å²) in [6.45, 7) is 3.26. The molecule has 0 bridgehead atoms. The first-order valence-corrected chi connectivity index (χ1v) is 11.5. The monoisotopic (exact) mass is 488 g/mol. The van der Waals surface area contributed by atoms with Gasteiger partial charge in [0.15, 0.2) is 0 Å². The minimum Gasteiger partial charge on any atom is -0.355 e. The molecular formula is C25H27F3N4O3. The van der Waals surface area contributed by atoms with Gasteiger partial charge in [0.25, 0.3) is 5.91 Å². The lowest BCUT2D eigenvalue weighted by atomic mass is 10.1. The fourth-order valence-corrected chi connectivity index (χ4v) is 4.41. The van der Waals surface area contributed by atoms with Crippen LogP contribution in [0.2, 0.25) is 0 Å². The van der Waals surface area contributed by atoms with Crippen molar-refractivity contribution in [2.75, 3.05) is 50.7 Å². The number of benzene rings is 2. The highest BCUT2D eigenvalue weighted by atomic mass is 19.4. The number of amides is 3. The number of nitrogens with one attached hydrogen (secondary N) is 1. The van der Waals surface area contributed by atoms with Gasteiger partial charge in [0.2, 0.25) is 11.8 Å². The molecule has 2 heterocycles. The Morgan fingerprint density at radius 2 is 1.69 bits per heavy atom. The van der Waals surface area contributed by atoms with Crippen LogP contribution in [-0.4, -0.2) is 73.3 Å². The van der Waals surface area contributed by atoms with Gasteiger partial charge in [-0.3, -0.25) is 19.3 Å². The Labute approximate surface area is 201 Å². The minimum atomic E-state index is -4.49. The Kier molecular flexibility index (Phi) is 7.39. The molecule has 0 spiro atoms. The molecule has 2 aliphatic heterocycles. The van der Waals surface area contributed by atoms with Crippen LogP contribution in [-0.2, 0) is 15.8 Å². The number of hydrogen-bond acceptors (Lipinski definition) is 4. The molecule has 1 unspecified atom stereocenters. The highest BCUT2D eigenvalue weighted by molar-refractivity contribution is 6.00. The van der Waals surface area contributed by atoms with Crippen LogP contribution in [0.5, 0.6) is 0 Å². The first-order chi connectivity index (χ1) is 16.7. The third kappa shape index (κ3) is 6.00. The van der Waals surface area contributed by atoms with Crippen LogP contribution in [0.1, 0.15) is 22.3 Å². The van der Waals surface area contributed by atoms with Gasteiger partial charge in [-0.1, -0.05) is 24.3 Å². The van der Waals surface area contributed by atoms with Crippen molar-refractivity contribution >= 4 is 23.4 Å². The molecule has 0 radical (unpaired) electrons. The third-order valence-electron chi connectivity index (χ3n) is 6.39. The quantitative estimate of drug-likeness (QED) is 0.679. The van der Waals surface area contributed by atoms with Gasteiger partial charge in [0.05, 0.1) is 11.5 Å². The molecule has 2 saturated heterocycles. The number of hydrogen-bond donors (Lipinski definition) is 1. The largest absolute Gasteiger partial charge is 0.416 e. The van der Waals surface area contributed by atoms with Gasteiger partial charge in [-0.05, 0) is 30.3 Å². The molecule has 1 N–H and O–H groups in total. The van der Waals surface area contributed by atoms with Crippen molar-refractivity contribution in [2.24, 2.45) is 5.92 Å². The van der Waals surface area contributed by atoms with Crippen molar-refractivity contribution in [3.63, 3.8) is 0 Å². The fraction of sp³-hybridized carbons (Fsp3) is 0.400. The summed E-state index contributed by atoms with van der Waals surface area (Å²) >= 11 is 0. The summed E-state index contributed by atoms with van der Waals surface area (Å²) in [6, 6.07) is 13.7. The molecule has 0 aliphatic carbocycles. The van der Waals surface area contributed by atoms with Crippen molar-refractivity contribution in [1.82, 2.24) is 15.1 Å². The number of carbonyl (C=O) groups is 3. The summed E-state index contributed by atoms with van der Waals surface area (Å²) < 4.78 is 38.8. The first kappa shape index (κ1) is 24.7. The van der Waals surface area contributed by atoms with E-state index in [-0.39, 0.29) is 23.8 Å². The summed E-state index contributed by atoms with van der Waals surface area (Å²) in [6.07, 6.45) is -4.32. The lowest BCUT2D eigenvalue weighted by Crippen LogP contribution is -2.50. The van der Waals surface area contributed by atoms with Gasteiger partial charge in [-0.2, -0.15) is 13.2 Å². The van der Waals surface area contributed by atoms with Crippen LogP contribution in [0.15, 0.2) is 54.6 Å². The molecule has 1 atom stereocenters. The molecule has 4 rings (SSSR count). The number of para-hydroxylation sites is 1. The summed E-state index contributed by atoms with van der Waals surface area (Å²) in [5.41, 5.74) is -0.0323. The number of carbonyl (C=O) groups excluding carboxylic acids is 3. The predicted molar refractivity (Wildman–Crippen MR) is 124 cm³/mol. The van der Waals surface area contributed by atoms with E-state index in [0.29, 0.717) is 45.8 Å². The van der Waals surface area contributed by atoms with Crippen LogP contribution in [0.4, 0.5) is 18.9 Å². The molecule has 35 heavy (non-hydrogen) atoms. The van der Waals surface area contributed by atoms with Crippen molar-refractivity contribution in [1.29, 1.82) is 0 Å². The van der Waals surface area contributed by atoms with Crippen molar-refractivity contribution in [2.45, 2.75) is 12.6 Å². The molecule has 0 saturated carbocycles. The van der Waals surface area contributed by atoms with Gasteiger partial charge in [-0.25, -0.2) is 0 Å². The van der Waals surface area contributed by atoms with Crippen LogP contribution in [0.3, 0.4) is 0 Å². The van der Waals surface area contributed by atoms with Crippen molar-refractivity contribution in [3.8, 4) is 0 Å². The van der Waals surface area contributed by atoms with Crippen LogP contribution in [0, 0.1) is 5.92 Å². The Hall–Kier alpha value is -3.40. The predicted octanol–water partition coefficient (Wildman–Crippen LogP) is 2.63. The molecule has 2 fully saturated rings. The standard InChI is InChI=1S/C25H27F3N4O3/c26-25(27,28)20-6-4-5-18(15-20)24(35)31-13-11-30(12-14-31)10-9-29-23(34)19-16-22(33)32(17-19)21-7-2-1-3-8-21/h1-8,15,19H,9-14,16-17H2,(H,29,34). The molecule has 7 nitrogen and oxygen atoms in total. The second-order valence-electron chi connectivity index (χ2n) is 8.74. The maximum Gasteiger partial charge on any atom is 0.416 e. The van der Waals surface area contributed by atoms with Crippen LogP contribution < -0.4 is 10.2 Å². The van der Waals surface area contributed by atoms with Gasteiger partial charge >= 0.3 is 6.18 Å². The van der Waals surface area contributed by atoms with Crippen molar-refractivity contribution in [3.05, 3.63) is 65.7 Å². The van der Waals surface area contributed by atoms with E-state index in [1.807, 2.05) is 30.3 Å². The zero-order chi connectivity index (χ0) is 25.0. The Balaban J connectivity index is 1.20. The molecular weight excluding hydrogens is 461 g/mol. The first-order valence-electron chi connectivity index (χ1n) is 11.5. The molecule has 2 aromatic carbocycles. The zero-order valence-corrected chi connectivity index (χ0v) is 19.1. The lowest BCUT2D eigenvalue weighted by molar-refractivity contribution is -0.137. The Bertz CT molecular complexity index is 1070. The van der Waals surface area contributed by atoms with Gasteiger partial charge in [-0.15, -0.1) is 0 Å². The van der Waals surface area contributed by atoms with E-state index in [9.17, 15) is 27.6 Å². The molecule has 2 aliphatic rings. The lowest BCUT2D eigenvalue weighted by Gasteiger charge is -2.34. The number of anilines is 1. The van der Waals surface area contributed by atoms with Gasteiger partial charge in [0.1, 0.15) is 0 Å². The van der Waals surface area contributed by atoms with E-state index in [4.69, 9.17) is 0 Å². The van der Waals surface area contributed by atoms with E-state index >= 15 is 0 Å².